The van der Waals surface area contributed by atoms with Crippen molar-refractivity contribution >= 4 is 29.3 Å². The summed E-state index contributed by atoms with van der Waals surface area (Å²) in [5.74, 6) is 0.328. The van der Waals surface area contributed by atoms with Crippen LogP contribution in [0.25, 0.3) is 0 Å². The molecule has 0 spiro atoms. The second kappa shape index (κ2) is 8.76. The molecule has 0 radical (unpaired) electrons. The number of rotatable bonds is 5. The summed E-state index contributed by atoms with van der Waals surface area (Å²) >= 11 is 1.52. The molecule has 0 saturated carbocycles. The van der Waals surface area contributed by atoms with E-state index in [2.05, 4.69) is 5.32 Å². The number of hydrogen-bond donors (Lipinski definition) is 1. The second-order valence-corrected chi connectivity index (χ2v) is 8.50. The Bertz CT molecular complexity index is 1080. The van der Waals surface area contributed by atoms with Crippen molar-refractivity contribution < 1.29 is 9.59 Å². The maximum Gasteiger partial charge on any atom is 0.251 e. The first-order chi connectivity index (χ1) is 14.5. The van der Waals surface area contributed by atoms with Crippen molar-refractivity contribution in [3.05, 3.63) is 95.1 Å². The van der Waals surface area contributed by atoms with E-state index in [1.807, 2.05) is 86.6 Å². The van der Waals surface area contributed by atoms with E-state index in [1.54, 1.807) is 4.90 Å². The van der Waals surface area contributed by atoms with Crippen LogP contribution in [0.3, 0.4) is 0 Å². The first-order valence-corrected chi connectivity index (χ1v) is 11.0. The van der Waals surface area contributed by atoms with Crippen LogP contribution in [0.1, 0.15) is 40.0 Å². The lowest BCUT2D eigenvalue weighted by Gasteiger charge is -2.30. The van der Waals surface area contributed by atoms with Crippen molar-refractivity contribution in [3.8, 4) is 0 Å². The molecule has 1 heterocycles. The molecule has 152 valence electrons. The number of carbonyl (C=O) groups excluding carboxylic acids is 2. The van der Waals surface area contributed by atoms with Gasteiger partial charge in [0.2, 0.25) is 5.91 Å². The van der Waals surface area contributed by atoms with Gasteiger partial charge in [-0.05, 0) is 48.7 Å². The first kappa shape index (κ1) is 20.2. The van der Waals surface area contributed by atoms with Crippen LogP contribution >= 0.6 is 11.8 Å². The van der Waals surface area contributed by atoms with Crippen LogP contribution in [-0.2, 0) is 11.3 Å². The molecule has 0 saturated heterocycles. The third-order valence-corrected chi connectivity index (χ3v) is 6.45. The fraction of sp³-hybridized carbons (Fsp3) is 0.200. The van der Waals surface area contributed by atoms with Crippen molar-refractivity contribution in [2.24, 2.45) is 0 Å². The van der Waals surface area contributed by atoms with Crippen LogP contribution in [0.5, 0.6) is 0 Å². The molecule has 4 rings (SSSR count). The first-order valence-electron chi connectivity index (χ1n) is 10.0. The van der Waals surface area contributed by atoms with Crippen LogP contribution in [-0.4, -0.2) is 17.6 Å². The Balaban J connectivity index is 1.59. The molecule has 2 amide bonds. The zero-order valence-electron chi connectivity index (χ0n) is 17.1. The molecule has 1 atom stereocenters. The van der Waals surface area contributed by atoms with Crippen molar-refractivity contribution in [2.45, 2.75) is 31.3 Å². The van der Waals surface area contributed by atoms with Gasteiger partial charge in [0.05, 0.1) is 24.0 Å². The highest BCUT2D eigenvalue weighted by atomic mass is 32.2. The van der Waals surface area contributed by atoms with E-state index in [-0.39, 0.29) is 17.9 Å². The van der Waals surface area contributed by atoms with Gasteiger partial charge in [-0.3, -0.25) is 9.59 Å². The van der Waals surface area contributed by atoms with Gasteiger partial charge in [-0.25, -0.2) is 0 Å². The molecule has 1 aliphatic rings. The lowest BCUT2D eigenvalue weighted by Crippen LogP contribution is -2.35. The maximum atomic E-state index is 12.9. The molecule has 1 N–H and O–H groups in total. The smallest absolute Gasteiger partial charge is 0.251 e. The highest BCUT2D eigenvalue weighted by Crippen LogP contribution is 2.37. The fourth-order valence-electron chi connectivity index (χ4n) is 3.58. The number of anilines is 1. The summed E-state index contributed by atoms with van der Waals surface area (Å²) < 4.78 is 0. The monoisotopic (exact) mass is 416 g/mol. The van der Waals surface area contributed by atoms with E-state index in [0.717, 1.165) is 27.3 Å². The Morgan fingerprint density at radius 3 is 2.57 bits per heavy atom. The number of nitrogens with one attached hydrogen (secondary N) is 1. The van der Waals surface area contributed by atoms with Crippen molar-refractivity contribution in [2.75, 3.05) is 10.7 Å². The summed E-state index contributed by atoms with van der Waals surface area (Å²) in [6.45, 7) is 4.52. The average molecular weight is 417 g/mol. The van der Waals surface area contributed by atoms with Gasteiger partial charge in [0.1, 0.15) is 0 Å². The molecule has 1 unspecified atom stereocenters. The standard InChI is InChI=1S/C25H24N2O2S/c1-17-8-6-7-11-21(17)15-27-22-14-20(12-13-23(22)30-16-24(27)28)25(29)26-18(2)19-9-4-3-5-10-19/h3-14,18H,15-16H2,1-2H3,(H,26,29). The van der Waals surface area contributed by atoms with E-state index in [1.165, 1.54) is 11.8 Å². The van der Waals surface area contributed by atoms with Crippen LogP contribution in [0, 0.1) is 6.92 Å². The summed E-state index contributed by atoms with van der Waals surface area (Å²) in [4.78, 5) is 28.4. The minimum atomic E-state index is -0.145. The average Bonchev–Trinajstić information content (AvgIpc) is 2.77. The van der Waals surface area contributed by atoms with Crippen LogP contribution in [0.15, 0.2) is 77.7 Å². The number of thioether (sulfide) groups is 1. The van der Waals surface area contributed by atoms with Gasteiger partial charge in [-0.15, -0.1) is 11.8 Å². The van der Waals surface area contributed by atoms with E-state index < -0.39 is 0 Å². The lowest BCUT2D eigenvalue weighted by molar-refractivity contribution is -0.116. The molecule has 0 aliphatic carbocycles. The number of amides is 2. The van der Waals surface area contributed by atoms with Crippen molar-refractivity contribution in [1.82, 2.24) is 5.32 Å². The Morgan fingerprint density at radius 2 is 1.80 bits per heavy atom. The second-order valence-electron chi connectivity index (χ2n) is 7.48. The number of fused-ring (bicyclic) bond motifs is 1. The van der Waals surface area contributed by atoms with Gasteiger partial charge < -0.3 is 10.2 Å². The number of aryl methyl sites for hydroxylation is 1. The Morgan fingerprint density at radius 1 is 1.07 bits per heavy atom. The number of hydrogen-bond acceptors (Lipinski definition) is 3. The predicted molar refractivity (Wildman–Crippen MR) is 122 cm³/mol. The number of carbonyl (C=O) groups is 2. The van der Waals surface area contributed by atoms with Gasteiger partial charge >= 0.3 is 0 Å². The molecule has 0 fully saturated rings. The summed E-state index contributed by atoms with van der Waals surface area (Å²) in [6.07, 6.45) is 0. The third kappa shape index (κ3) is 4.26. The highest BCUT2D eigenvalue weighted by molar-refractivity contribution is 8.00. The minimum Gasteiger partial charge on any atom is -0.346 e. The predicted octanol–water partition coefficient (Wildman–Crippen LogP) is 5.12. The molecule has 30 heavy (non-hydrogen) atoms. The number of benzene rings is 3. The Hall–Kier alpha value is -3.05. The number of nitrogens with zero attached hydrogens (tertiary/aromatic N) is 1. The van der Waals surface area contributed by atoms with Gasteiger partial charge in [0.15, 0.2) is 0 Å². The summed E-state index contributed by atoms with van der Waals surface area (Å²) in [7, 11) is 0. The summed E-state index contributed by atoms with van der Waals surface area (Å²) in [5, 5.41) is 3.05. The quantitative estimate of drug-likeness (QED) is 0.628. The molecule has 1 aliphatic heterocycles. The van der Waals surface area contributed by atoms with Crippen molar-refractivity contribution in [3.63, 3.8) is 0 Å². The SMILES string of the molecule is Cc1ccccc1CN1C(=O)CSc2ccc(C(=O)NC(C)c3ccccc3)cc21. The lowest BCUT2D eigenvalue weighted by atomic mass is 10.1. The van der Waals surface area contributed by atoms with Crippen LogP contribution in [0.2, 0.25) is 0 Å². The zero-order valence-corrected chi connectivity index (χ0v) is 17.9. The summed E-state index contributed by atoms with van der Waals surface area (Å²) in [5.41, 5.74) is 4.67. The van der Waals surface area contributed by atoms with Gasteiger partial charge in [0.25, 0.3) is 5.91 Å². The summed E-state index contributed by atoms with van der Waals surface area (Å²) in [6, 6.07) is 23.5. The normalized spacial score (nSPS) is 14.2. The largest absolute Gasteiger partial charge is 0.346 e. The molecular formula is C25H24N2O2S. The van der Waals surface area contributed by atoms with E-state index in [4.69, 9.17) is 0 Å². The van der Waals surface area contributed by atoms with Crippen molar-refractivity contribution in [1.29, 1.82) is 0 Å². The van der Waals surface area contributed by atoms with Gasteiger partial charge in [-0.2, -0.15) is 0 Å². The minimum absolute atomic E-state index is 0.0611. The van der Waals surface area contributed by atoms with Gasteiger partial charge in [-0.1, -0.05) is 54.6 Å². The van der Waals surface area contributed by atoms with E-state index in [0.29, 0.717) is 17.9 Å². The highest BCUT2D eigenvalue weighted by Gasteiger charge is 2.26. The molecule has 4 nitrogen and oxygen atoms in total. The topological polar surface area (TPSA) is 49.4 Å². The molecular weight excluding hydrogens is 392 g/mol. The van der Waals surface area contributed by atoms with E-state index >= 15 is 0 Å². The maximum absolute atomic E-state index is 12.9. The molecule has 0 aromatic heterocycles. The van der Waals surface area contributed by atoms with Crippen LogP contribution < -0.4 is 10.2 Å². The fourth-order valence-corrected chi connectivity index (χ4v) is 4.50. The molecule has 3 aromatic carbocycles. The molecule has 5 heteroatoms. The van der Waals surface area contributed by atoms with E-state index in [9.17, 15) is 9.59 Å². The molecule has 0 bridgehead atoms. The third-order valence-electron chi connectivity index (χ3n) is 5.40. The zero-order chi connectivity index (χ0) is 21.1. The van der Waals surface area contributed by atoms with Crippen LogP contribution in [0.4, 0.5) is 5.69 Å². The van der Waals surface area contributed by atoms with Gasteiger partial charge in [0, 0.05) is 10.5 Å². The Kier molecular flexibility index (Phi) is 5.91. The Labute approximate surface area is 181 Å². The molecule has 3 aromatic rings.